The molecule has 1 aliphatic heterocycles. The summed E-state index contributed by atoms with van der Waals surface area (Å²) in [5, 5.41) is 0. The Labute approximate surface area is 103 Å². The zero-order chi connectivity index (χ0) is 11.6. The van der Waals surface area contributed by atoms with Gasteiger partial charge in [0, 0.05) is 23.7 Å². The van der Waals surface area contributed by atoms with Crippen LogP contribution in [0.25, 0.3) is 0 Å². The van der Waals surface area contributed by atoms with Crippen LogP contribution in [0.5, 0.6) is 0 Å². The molecule has 0 bridgehead atoms. The fraction of sp³-hybridized carbons (Fsp3) is 0.600. The normalized spacial score (nSPS) is 29.1. The molecule has 1 fully saturated rings. The molecular formula is C15H20N2. The number of aryl methyl sites for hydroxylation is 1. The lowest BCUT2D eigenvalue weighted by Gasteiger charge is -2.44. The van der Waals surface area contributed by atoms with Crippen molar-refractivity contribution in [2.24, 2.45) is 0 Å². The Balaban J connectivity index is 1.94. The van der Waals surface area contributed by atoms with Crippen LogP contribution in [0.15, 0.2) is 12.1 Å². The predicted molar refractivity (Wildman–Crippen MR) is 70.0 cm³/mol. The van der Waals surface area contributed by atoms with Crippen LogP contribution in [0, 0.1) is 0 Å². The van der Waals surface area contributed by atoms with Gasteiger partial charge in [-0.25, -0.2) is 0 Å². The maximum absolute atomic E-state index is 6.04. The number of hydrogen-bond donors (Lipinski definition) is 1. The summed E-state index contributed by atoms with van der Waals surface area (Å²) in [7, 11) is 2.30. The lowest BCUT2D eigenvalue weighted by molar-refractivity contribution is 0.150. The quantitative estimate of drug-likeness (QED) is 0.692. The lowest BCUT2D eigenvalue weighted by atomic mass is 9.72. The number of nitrogens with zero attached hydrogens (tertiary/aromatic N) is 1. The molecule has 17 heavy (non-hydrogen) atoms. The van der Waals surface area contributed by atoms with E-state index >= 15 is 0 Å². The van der Waals surface area contributed by atoms with Crippen molar-refractivity contribution in [3.8, 4) is 0 Å². The largest absolute Gasteiger partial charge is 0.399 e. The topological polar surface area (TPSA) is 29.3 Å². The zero-order valence-corrected chi connectivity index (χ0v) is 10.5. The number of hydrogen-bond acceptors (Lipinski definition) is 2. The molecule has 1 saturated carbocycles. The predicted octanol–water partition coefficient (Wildman–Crippen LogP) is 2.67. The van der Waals surface area contributed by atoms with Gasteiger partial charge in [-0.1, -0.05) is 0 Å². The van der Waals surface area contributed by atoms with Crippen LogP contribution in [-0.2, 0) is 13.0 Å². The maximum atomic E-state index is 6.04. The van der Waals surface area contributed by atoms with Crippen molar-refractivity contribution in [3.05, 3.63) is 28.8 Å². The Kier molecular flexibility index (Phi) is 1.79. The highest BCUT2D eigenvalue weighted by molar-refractivity contribution is 5.54. The molecular weight excluding hydrogens is 208 g/mol. The molecule has 1 aromatic rings. The highest BCUT2D eigenvalue weighted by Gasteiger charge is 2.56. The summed E-state index contributed by atoms with van der Waals surface area (Å²) in [4.78, 5) is 2.59. The first-order valence-corrected chi connectivity index (χ1v) is 6.83. The molecule has 0 radical (unpaired) electrons. The summed E-state index contributed by atoms with van der Waals surface area (Å²) in [5.74, 6) is 0.792. The Morgan fingerprint density at radius 2 is 2.06 bits per heavy atom. The number of fused-ring (bicyclic) bond motifs is 1. The van der Waals surface area contributed by atoms with Gasteiger partial charge >= 0.3 is 0 Å². The number of likely N-dealkylation sites (N-methyl/N-ethyl adjacent to an activating group) is 1. The van der Waals surface area contributed by atoms with Gasteiger partial charge in [0.15, 0.2) is 0 Å². The van der Waals surface area contributed by atoms with Crippen molar-refractivity contribution in [3.63, 3.8) is 0 Å². The third-order valence-corrected chi connectivity index (χ3v) is 5.24. The van der Waals surface area contributed by atoms with Crippen LogP contribution < -0.4 is 5.73 Å². The van der Waals surface area contributed by atoms with E-state index in [1.807, 2.05) is 0 Å². The second-order valence-corrected chi connectivity index (χ2v) is 6.16. The van der Waals surface area contributed by atoms with E-state index in [4.69, 9.17) is 5.73 Å². The first-order chi connectivity index (χ1) is 8.21. The molecule has 2 heteroatoms. The summed E-state index contributed by atoms with van der Waals surface area (Å²) >= 11 is 0. The molecule has 1 aromatic carbocycles. The van der Waals surface area contributed by atoms with Gasteiger partial charge in [-0.15, -0.1) is 0 Å². The SMILES string of the molecule is CN1Cc2cc(N)cc3c2[C@@H](CCC3)C12CC2. The van der Waals surface area contributed by atoms with Gasteiger partial charge in [0.25, 0.3) is 0 Å². The van der Waals surface area contributed by atoms with Crippen LogP contribution in [0.4, 0.5) is 5.69 Å². The standard InChI is InChI=1S/C15H20N2/c1-17-9-11-8-12(16)7-10-3-2-4-13(14(10)11)15(17)5-6-15/h7-8,13H,2-6,9,16H2,1H3/t13-/m1/s1. The van der Waals surface area contributed by atoms with Crippen molar-refractivity contribution in [2.75, 3.05) is 12.8 Å². The van der Waals surface area contributed by atoms with Crippen LogP contribution in [-0.4, -0.2) is 17.5 Å². The highest BCUT2D eigenvalue weighted by atomic mass is 15.2. The number of nitrogen functional groups attached to an aromatic ring is 1. The van der Waals surface area contributed by atoms with E-state index in [9.17, 15) is 0 Å². The lowest BCUT2D eigenvalue weighted by Crippen LogP contribution is -2.44. The van der Waals surface area contributed by atoms with Gasteiger partial charge in [0.1, 0.15) is 0 Å². The minimum absolute atomic E-state index is 0.526. The van der Waals surface area contributed by atoms with Crippen molar-refractivity contribution in [1.82, 2.24) is 4.90 Å². The van der Waals surface area contributed by atoms with E-state index in [1.54, 1.807) is 11.1 Å². The van der Waals surface area contributed by atoms with E-state index in [-0.39, 0.29) is 0 Å². The summed E-state index contributed by atoms with van der Waals surface area (Å²) in [6.45, 7) is 1.10. The average Bonchev–Trinajstić information content (AvgIpc) is 3.07. The molecule has 1 spiro atoms. The van der Waals surface area contributed by atoms with E-state index in [1.165, 1.54) is 37.7 Å². The van der Waals surface area contributed by atoms with Gasteiger partial charge in [0.2, 0.25) is 0 Å². The van der Waals surface area contributed by atoms with Crippen molar-refractivity contribution < 1.29 is 0 Å². The fourth-order valence-corrected chi connectivity index (χ4v) is 4.31. The van der Waals surface area contributed by atoms with Crippen molar-refractivity contribution in [1.29, 1.82) is 0 Å². The number of nitrogens with two attached hydrogens (primary N) is 1. The van der Waals surface area contributed by atoms with E-state index in [2.05, 4.69) is 24.1 Å². The monoisotopic (exact) mass is 228 g/mol. The number of rotatable bonds is 0. The molecule has 2 aliphatic carbocycles. The van der Waals surface area contributed by atoms with Crippen LogP contribution in [0.2, 0.25) is 0 Å². The maximum Gasteiger partial charge on any atom is 0.0320 e. The fourth-order valence-electron chi connectivity index (χ4n) is 4.31. The highest BCUT2D eigenvalue weighted by Crippen LogP contribution is 2.59. The van der Waals surface area contributed by atoms with Gasteiger partial charge < -0.3 is 5.73 Å². The van der Waals surface area contributed by atoms with Crippen molar-refractivity contribution in [2.45, 2.75) is 50.1 Å². The molecule has 3 aliphatic rings. The molecule has 0 unspecified atom stereocenters. The Morgan fingerprint density at radius 1 is 1.29 bits per heavy atom. The molecule has 0 aromatic heterocycles. The third-order valence-electron chi connectivity index (χ3n) is 5.24. The van der Waals surface area contributed by atoms with E-state index in [0.29, 0.717) is 5.54 Å². The summed E-state index contributed by atoms with van der Waals surface area (Å²) in [5.41, 5.74) is 12.3. The number of anilines is 1. The van der Waals surface area contributed by atoms with Gasteiger partial charge in [-0.3, -0.25) is 4.90 Å². The zero-order valence-electron chi connectivity index (χ0n) is 10.5. The molecule has 0 saturated heterocycles. The first-order valence-electron chi connectivity index (χ1n) is 6.83. The second-order valence-electron chi connectivity index (χ2n) is 6.16. The van der Waals surface area contributed by atoms with Crippen LogP contribution in [0.3, 0.4) is 0 Å². The first kappa shape index (κ1) is 9.95. The Hall–Kier alpha value is -1.02. The Bertz CT molecular complexity index is 488. The summed E-state index contributed by atoms with van der Waals surface area (Å²) in [6, 6.07) is 4.44. The van der Waals surface area contributed by atoms with Gasteiger partial charge in [-0.2, -0.15) is 0 Å². The second kappa shape index (κ2) is 3.05. The molecule has 2 nitrogen and oxygen atoms in total. The smallest absolute Gasteiger partial charge is 0.0320 e. The summed E-state index contributed by atoms with van der Waals surface area (Å²) in [6.07, 6.45) is 6.77. The summed E-state index contributed by atoms with van der Waals surface area (Å²) < 4.78 is 0. The molecule has 2 N–H and O–H groups in total. The molecule has 1 atom stereocenters. The minimum atomic E-state index is 0.526. The van der Waals surface area contributed by atoms with Crippen molar-refractivity contribution >= 4 is 5.69 Å². The molecule has 1 heterocycles. The number of benzene rings is 1. The minimum Gasteiger partial charge on any atom is -0.399 e. The van der Waals surface area contributed by atoms with E-state index in [0.717, 1.165) is 18.2 Å². The molecule has 0 amide bonds. The Morgan fingerprint density at radius 3 is 2.82 bits per heavy atom. The van der Waals surface area contributed by atoms with Crippen LogP contribution in [0.1, 0.15) is 48.3 Å². The molecule has 4 rings (SSSR count). The average molecular weight is 228 g/mol. The molecule has 90 valence electrons. The van der Waals surface area contributed by atoms with Gasteiger partial charge in [-0.05, 0) is 68.0 Å². The van der Waals surface area contributed by atoms with E-state index < -0.39 is 0 Å². The van der Waals surface area contributed by atoms with Crippen LogP contribution >= 0.6 is 0 Å². The van der Waals surface area contributed by atoms with Gasteiger partial charge in [0.05, 0.1) is 0 Å². The third kappa shape index (κ3) is 1.19.